The van der Waals surface area contributed by atoms with Gasteiger partial charge in [-0.3, -0.25) is 10.1 Å². The number of amides is 3. The van der Waals surface area contributed by atoms with Gasteiger partial charge in [-0.1, -0.05) is 6.92 Å². The van der Waals surface area contributed by atoms with Gasteiger partial charge in [0.05, 0.1) is 10.5 Å². The van der Waals surface area contributed by atoms with E-state index in [9.17, 15) is 22.8 Å². The summed E-state index contributed by atoms with van der Waals surface area (Å²) >= 11 is 0. The Bertz CT molecular complexity index is 759. The monoisotopic (exact) mass is 385 g/mol. The molecule has 1 rings (SSSR count). The van der Waals surface area contributed by atoms with Crippen LogP contribution in [0.25, 0.3) is 0 Å². The van der Waals surface area contributed by atoms with Crippen LogP contribution >= 0.6 is 0 Å². The molecule has 10 heteroatoms. The van der Waals surface area contributed by atoms with Crippen LogP contribution in [-0.2, 0) is 19.6 Å². The molecule has 144 valence electrons. The number of imide groups is 1. The van der Waals surface area contributed by atoms with Gasteiger partial charge in [0.15, 0.2) is 6.10 Å². The van der Waals surface area contributed by atoms with Crippen LogP contribution in [-0.4, -0.2) is 45.0 Å². The lowest BCUT2D eigenvalue weighted by atomic mass is 10.2. The molecule has 0 fully saturated rings. The van der Waals surface area contributed by atoms with Gasteiger partial charge in [0, 0.05) is 12.6 Å². The second kappa shape index (κ2) is 9.30. The molecule has 3 N–H and O–H groups in total. The predicted molar refractivity (Wildman–Crippen MR) is 94.0 cm³/mol. The average Bonchev–Trinajstić information content (AvgIpc) is 2.53. The maximum atomic E-state index is 12.0. The quantitative estimate of drug-likeness (QED) is 0.594. The van der Waals surface area contributed by atoms with Crippen molar-refractivity contribution in [3.05, 3.63) is 29.8 Å². The minimum Gasteiger partial charge on any atom is -0.449 e. The first-order valence-corrected chi connectivity index (χ1v) is 9.47. The van der Waals surface area contributed by atoms with Gasteiger partial charge in [-0.05, 0) is 45.0 Å². The Balaban J connectivity index is 2.70. The second-order valence-electron chi connectivity index (χ2n) is 5.69. The number of esters is 1. The van der Waals surface area contributed by atoms with Crippen LogP contribution < -0.4 is 15.4 Å². The molecule has 0 unspecified atom stereocenters. The summed E-state index contributed by atoms with van der Waals surface area (Å²) in [5.41, 5.74) is 0.0757. The highest BCUT2D eigenvalue weighted by molar-refractivity contribution is 7.89. The maximum absolute atomic E-state index is 12.0. The molecule has 1 atom stereocenters. The van der Waals surface area contributed by atoms with Crippen molar-refractivity contribution in [3.8, 4) is 0 Å². The molecule has 9 nitrogen and oxygen atoms in total. The summed E-state index contributed by atoms with van der Waals surface area (Å²) in [6.07, 6.45) is -1.20. The third-order valence-corrected chi connectivity index (χ3v) is 4.61. The highest BCUT2D eigenvalue weighted by atomic mass is 32.2. The van der Waals surface area contributed by atoms with E-state index in [-0.39, 0.29) is 23.0 Å². The smallest absolute Gasteiger partial charge is 0.338 e. The van der Waals surface area contributed by atoms with Crippen LogP contribution in [0.15, 0.2) is 29.2 Å². The van der Waals surface area contributed by atoms with Gasteiger partial charge in [0.2, 0.25) is 10.0 Å². The van der Waals surface area contributed by atoms with Crippen LogP contribution in [0, 0.1) is 0 Å². The number of urea groups is 1. The number of benzene rings is 1. The Labute approximate surface area is 152 Å². The van der Waals surface area contributed by atoms with Gasteiger partial charge in [-0.25, -0.2) is 22.7 Å². The first-order valence-electron chi connectivity index (χ1n) is 7.99. The Morgan fingerprint density at radius 2 is 1.65 bits per heavy atom. The molecular formula is C16H23N3O6S. The Morgan fingerprint density at radius 1 is 1.08 bits per heavy atom. The van der Waals surface area contributed by atoms with Crippen LogP contribution in [0.3, 0.4) is 0 Å². The molecule has 0 bridgehead atoms. The lowest BCUT2D eigenvalue weighted by Crippen LogP contribution is -2.46. The summed E-state index contributed by atoms with van der Waals surface area (Å²) in [7, 11) is -3.62. The van der Waals surface area contributed by atoms with E-state index in [0.717, 1.165) is 0 Å². The highest BCUT2D eigenvalue weighted by Gasteiger charge is 2.21. The third-order valence-electron chi connectivity index (χ3n) is 3.04. The second-order valence-corrected chi connectivity index (χ2v) is 7.46. The number of carbonyl (C=O) groups excluding carboxylic acids is 3. The van der Waals surface area contributed by atoms with Gasteiger partial charge in [-0.15, -0.1) is 0 Å². The summed E-state index contributed by atoms with van der Waals surface area (Å²) in [5.74, 6) is -1.59. The van der Waals surface area contributed by atoms with Crippen molar-refractivity contribution in [1.29, 1.82) is 0 Å². The zero-order valence-corrected chi connectivity index (χ0v) is 15.8. The van der Waals surface area contributed by atoms with Crippen LogP contribution in [0.2, 0.25) is 0 Å². The van der Waals surface area contributed by atoms with Gasteiger partial charge < -0.3 is 10.1 Å². The fraction of sp³-hybridized carbons (Fsp3) is 0.438. The SMILES string of the molecule is CCNS(=O)(=O)c1ccc(C(=O)O[C@@H](C)C(=O)NC(=O)NC(C)C)cc1. The van der Waals surface area contributed by atoms with Crippen LogP contribution in [0.1, 0.15) is 38.1 Å². The van der Waals surface area contributed by atoms with Crippen molar-refractivity contribution in [2.24, 2.45) is 0 Å². The molecule has 0 saturated carbocycles. The minimum absolute atomic E-state index is 0.00653. The number of carbonyl (C=O) groups is 3. The molecule has 0 aliphatic rings. The third kappa shape index (κ3) is 6.45. The molecule has 0 aliphatic heterocycles. The molecule has 0 aromatic heterocycles. The van der Waals surface area contributed by atoms with E-state index < -0.39 is 34.0 Å². The Hall–Kier alpha value is -2.46. The van der Waals surface area contributed by atoms with Crippen molar-refractivity contribution >= 4 is 27.9 Å². The fourth-order valence-electron chi connectivity index (χ4n) is 1.84. The topological polar surface area (TPSA) is 131 Å². The summed E-state index contributed by atoms with van der Waals surface area (Å²) < 4.78 is 31.0. The van der Waals surface area contributed by atoms with Gasteiger partial charge in [-0.2, -0.15) is 0 Å². The summed E-state index contributed by atoms with van der Waals surface area (Å²) in [5, 5.41) is 4.53. The zero-order valence-electron chi connectivity index (χ0n) is 15.0. The molecule has 26 heavy (non-hydrogen) atoms. The van der Waals surface area contributed by atoms with Crippen molar-refractivity contribution in [2.75, 3.05) is 6.54 Å². The minimum atomic E-state index is -3.62. The fourth-order valence-corrected chi connectivity index (χ4v) is 2.88. The number of hydrogen-bond donors (Lipinski definition) is 3. The van der Waals surface area contributed by atoms with E-state index >= 15 is 0 Å². The zero-order chi connectivity index (χ0) is 19.9. The van der Waals surface area contributed by atoms with Crippen molar-refractivity contribution in [2.45, 2.75) is 44.7 Å². The van der Waals surface area contributed by atoms with Crippen molar-refractivity contribution < 1.29 is 27.5 Å². The lowest BCUT2D eigenvalue weighted by Gasteiger charge is -2.14. The first-order chi connectivity index (χ1) is 12.1. The van der Waals surface area contributed by atoms with Crippen molar-refractivity contribution in [1.82, 2.24) is 15.4 Å². The first kappa shape index (κ1) is 21.6. The molecular weight excluding hydrogens is 362 g/mol. The largest absolute Gasteiger partial charge is 0.449 e. The van der Waals surface area contributed by atoms with E-state index in [2.05, 4.69) is 15.4 Å². The molecule has 3 amide bonds. The molecule has 0 aliphatic carbocycles. The van der Waals surface area contributed by atoms with E-state index in [4.69, 9.17) is 4.74 Å². The Morgan fingerprint density at radius 3 is 2.15 bits per heavy atom. The maximum Gasteiger partial charge on any atom is 0.338 e. The molecule has 0 saturated heterocycles. The van der Waals surface area contributed by atoms with E-state index in [0.29, 0.717) is 0 Å². The standard InChI is InChI=1S/C16H23N3O6S/c1-5-17-26(23,24)13-8-6-12(7-9-13)15(21)25-11(4)14(20)19-16(22)18-10(2)3/h6-11,17H,5H2,1-4H3,(H2,18,19,20,22)/t11-/m0/s1. The van der Waals surface area contributed by atoms with Crippen LogP contribution in [0.4, 0.5) is 4.79 Å². The molecule has 0 heterocycles. The van der Waals surface area contributed by atoms with E-state index in [1.807, 2.05) is 0 Å². The Kier molecular flexibility index (Phi) is 7.72. The number of hydrogen-bond acceptors (Lipinski definition) is 6. The molecule has 0 spiro atoms. The lowest BCUT2D eigenvalue weighted by molar-refractivity contribution is -0.127. The van der Waals surface area contributed by atoms with E-state index in [1.165, 1.54) is 31.2 Å². The van der Waals surface area contributed by atoms with E-state index in [1.54, 1.807) is 20.8 Å². The summed E-state index contributed by atoms with van der Waals surface area (Å²) in [6.45, 7) is 6.67. The number of nitrogens with one attached hydrogen (secondary N) is 3. The van der Waals surface area contributed by atoms with Gasteiger partial charge in [0.25, 0.3) is 5.91 Å². The molecule has 1 aromatic rings. The number of sulfonamides is 1. The van der Waals surface area contributed by atoms with Crippen LogP contribution in [0.5, 0.6) is 0 Å². The molecule has 0 radical (unpaired) electrons. The average molecular weight is 385 g/mol. The van der Waals surface area contributed by atoms with Gasteiger partial charge >= 0.3 is 12.0 Å². The number of rotatable bonds is 7. The number of ether oxygens (including phenoxy) is 1. The highest BCUT2D eigenvalue weighted by Crippen LogP contribution is 2.12. The van der Waals surface area contributed by atoms with Gasteiger partial charge in [0.1, 0.15) is 0 Å². The molecule has 1 aromatic carbocycles. The normalized spacial score (nSPS) is 12.3. The predicted octanol–water partition coefficient (Wildman–Crippen LogP) is 0.764. The van der Waals surface area contributed by atoms with Crippen molar-refractivity contribution in [3.63, 3.8) is 0 Å². The summed E-state index contributed by atoms with van der Waals surface area (Å²) in [4.78, 5) is 35.3. The summed E-state index contributed by atoms with van der Waals surface area (Å²) in [6, 6.07) is 4.24.